The van der Waals surface area contributed by atoms with Gasteiger partial charge in [0.05, 0.1) is 23.4 Å². The monoisotopic (exact) mass is 409 g/mol. The Morgan fingerprint density at radius 1 is 1.41 bits per heavy atom. The van der Waals surface area contributed by atoms with Crippen molar-refractivity contribution in [3.8, 4) is 0 Å². The van der Waals surface area contributed by atoms with Gasteiger partial charge in [-0.05, 0) is 43.9 Å². The van der Waals surface area contributed by atoms with Crippen LogP contribution in [0, 0.1) is 5.82 Å². The van der Waals surface area contributed by atoms with Crippen molar-refractivity contribution in [3.63, 3.8) is 0 Å². The number of benzene rings is 1. The van der Waals surface area contributed by atoms with Crippen molar-refractivity contribution in [1.29, 1.82) is 0 Å². The highest BCUT2D eigenvalue weighted by Crippen LogP contribution is 2.39. The highest BCUT2D eigenvalue weighted by Gasteiger charge is 2.28. The predicted molar refractivity (Wildman–Crippen MR) is 103 cm³/mol. The van der Waals surface area contributed by atoms with Gasteiger partial charge in [-0.1, -0.05) is 17.7 Å². The van der Waals surface area contributed by atoms with Crippen LogP contribution in [-0.4, -0.2) is 24.8 Å². The number of amides is 2. The van der Waals surface area contributed by atoms with Gasteiger partial charge in [-0.3, -0.25) is 5.32 Å². The number of hydrazone groups is 1. The van der Waals surface area contributed by atoms with Gasteiger partial charge < -0.3 is 4.74 Å². The molecule has 1 aromatic carbocycles. The van der Waals surface area contributed by atoms with Crippen LogP contribution in [0.5, 0.6) is 0 Å². The van der Waals surface area contributed by atoms with Gasteiger partial charge in [0.2, 0.25) is 0 Å². The Hall–Kier alpha value is -2.45. The Kier molecular flexibility index (Phi) is 6.08. The minimum atomic E-state index is -0.649. The minimum absolute atomic E-state index is 0.0711. The van der Waals surface area contributed by atoms with E-state index in [0.29, 0.717) is 10.6 Å². The van der Waals surface area contributed by atoms with Crippen LogP contribution >= 0.6 is 22.9 Å². The summed E-state index contributed by atoms with van der Waals surface area (Å²) in [5, 5.41) is 6.94. The number of ether oxygens (including phenoxy) is 1. The van der Waals surface area contributed by atoms with E-state index in [4.69, 9.17) is 16.3 Å². The first kappa shape index (κ1) is 19.3. The molecule has 1 aromatic heterocycles. The number of rotatable bonds is 5. The number of nitrogens with one attached hydrogen (secondary N) is 2. The van der Waals surface area contributed by atoms with Crippen LogP contribution < -0.4 is 10.7 Å². The van der Waals surface area contributed by atoms with E-state index >= 15 is 0 Å². The number of anilines is 1. The smallest absolute Gasteiger partial charge is 0.341 e. The maximum absolute atomic E-state index is 13.7. The van der Waals surface area contributed by atoms with Gasteiger partial charge in [-0.25, -0.2) is 19.4 Å². The summed E-state index contributed by atoms with van der Waals surface area (Å²) in [7, 11) is 0. The molecule has 0 bridgehead atoms. The predicted octanol–water partition coefficient (Wildman–Crippen LogP) is 4.36. The zero-order valence-electron chi connectivity index (χ0n) is 14.5. The number of halogens is 2. The first-order chi connectivity index (χ1) is 13.0. The van der Waals surface area contributed by atoms with Gasteiger partial charge in [-0.15, -0.1) is 11.3 Å². The Morgan fingerprint density at radius 3 is 2.96 bits per heavy atom. The fraction of sp³-hybridized carbons (Fsp3) is 0.278. The molecular formula is C18H17ClFN3O3S. The summed E-state index contributed by atoms with van der Waals surface area (Å²) in [6.45, 7) is 1.98. The van der Waals surface area contributed by atoms with Crippen molar-refractivity contribution in [3.05, 3.63) is 50.6 Å². The first-order valence-corrected chi connectivity index (χ1v) is 9.56. The van der Waals surface area contributed by atoms with Crippen molar-refractivity contribution < 1.29 is 18.7 Å². The summed E-state index contributed by atoms with van der Waals surface area (Å²) in [5.41, 5.74) is 3.66. The SMILES string of the molecule is CCOC(=O)c1c(NC(=O)N/N=C/c2c(F)cccc2Cl)sc2c1CCC2. The normalized spacial score (nSPS) is 12.9. The second-order valence-electron chi connectivity index (χ2n) is 5.74. The van der Waals surface area contributed by atoms with Gasteiger partial charge in [0, 0.05) is 10.4 Å². The Balaban J connectivity index is 1.71. The van der Waals surface area contributed by atoms with Crippen molar-refractivity contribution >= 4 is 46.2 Å². The Labute approximate surface area is 164 Å². The maximum atomic E-state index is 13.7. The van der Waals surface area contributed by atoms with E-state index in [1.165, 1.54) is 29.5 Å². The molecule has 0 spiro atoms. The van der Waals surface area contributed by atoms with Crippen LogP contribution in [0.15, 0.2) is 23.3 Å². The molecule has 0 atom stereocenters. The minimum Gasteiger partial charge on any atom is -0.462 e. The van der Waals surface area contributed by atoms with E-state index in [2.05, 4.69) is 15.8 Å². The van der Waals surface area contributed by atoms with Crippen molar-refractivity contribution in [2.45, 2.75) is 26.2 Å². The molecule has 0 radical (unpaired) electrons. The lowest BCUT2D eigenvalue weighted by Gasteiger charge is -2.07. The number of urea groups is 1. The summed E-state index contributed by atoms with van der Waals surface area (Å²) < 4.78 is 18.8. The molecule has 1 aliphatic carbocycles. The third kappa shape index (κ3) is 4.28. The average molecular weight is 410 g/mol. The molecule has 142 valence electrons. The van der Waals surface area contributed by atoms with Crippen molar-refractivity contribution in [1.82, 2.24) is 5.43 Å². The molecule has 3 rings (SSSR count). The number of thiophene rings is 1. The quantitative estimate of drug-likeness (QED) is 0.437. The van der Waals surface area contributed by atoms with Crippen LogP contribution in [0.4, 0.5) is 14.2 Å². The molecule has 1 aliphatic rings. The van der Waals surface area contributed by atoms with Crippen molar-refractivity contribution in [2.24, 2.45) is 5.10 Å². The van der Waals surface area contributed by atoms with E-state index in [9.17, 15) is 14.0 Å². The highest BCUT2D eigenvalue weighted by molar-refractivity contribution is 7.17. The third-order valence-corrected chi connectivity index (χ3v) is 5.52. The molecule has 0 aliphatic heterocycles. The largest absolute Gasteiger partial charge is 0.462 e. The lowest BCUT2D eigenvalue weighted by molar-refractivity contribution is 0.0527. The molecule has 2 amide bonds. The zero-order valence-corrected chi connectivity index (χ0v) is 16.0. The lowest BCUT2D eigenvalue weighted by atomic mass is 10.1. The number of hydrogen-bond acceptors (Lipinski definition) is 5. The molecule has 0 fully saturated rings. The van der Waals surface area contributed by atoms with E-state index in [-0.39, 0.29) is 17.2 Å². The number of carbonyl (C=O) groups excluding carboxylic acids is 2. The van der Waals surface area contributed by atoms with Gasteiger partial charge >= 0.3 is 12.0 Å². The molecule has 2 N–H and O–H groups in total. The molecule has 0 saturated carbocycles. The summed E-state index contributed by atoms with van der Waals surface area (Å²) in [6, 6.07) is 3.59. The van der Waals surface area contributed by atoms with Crippen LogP contribution in [0.3, 0.4) is 0 Å². The van der Waals surface area contributed by atoms with Gasteiger partial charge in [0.15, 0.2) is 0 Å². The molecule has 6 nitrogen and oxygen atoms in total. The molecule has 1 heterocycles. The van der Waals surface area contributed by atoms with E-state index in [1.807, 2.05) is 0 Å². The van der Waals surface area contributed by atoms with E-state index in [0.717, 1.165) is 35.9 Å². The molecule has 0 saturated heterocycles. The summed E-state index contributed by atoms with van der Waals surface area (Å²) in [5.74, 6) is -0.999. The molecule has 2 aromatic rings. The zero-order chi connectivity index (χ0) is 19.4. The van der Waals surface area contributed by atoms with E-state index in [1.54, 1.807) is 6.92 Å². The Bertz CT molecular complexity index is 893. The number of carbonyl (C=O) groups is 2. The molecule has 27 heavy (non-hydrogen) atoms. The summed E-state index contributed by atoms with van der Waals surface area (Å²) in [6.07, 6.45) is 3.76. The van der Waals surface area contributed by atoms with Crippen molar-refractivity contribution in [2.75, 3.05) is 11.9 Å². The van der Waals surface area contributed by atoms with Gasteiger partial charge in [0.1, 0.15) is 10.8 Å². The number of fused-ring (bicyclic) bond motifs is 1. The number of aryl methyl sites for hydroxylation is 1. The third-order valence-electron chi connectivity index (χ3n) is 3.99. The second-order valence-corrected chi connectivity index (χ2v) is 7.25. The van der Waals surface area contributed by atoms with Crippen LogP contribution in [0.1, 0.15) is 39.7 Å². The van der Waals surface area contributed by atoms with Crippen LogP contribution in [-0.2, 0) is 17.6 Å². The fourth-order valence-corrected chi connectivity index (χ4v) is 4.32. The number of nitrogens with zero attached hydrogens (tertiary/aromatic N) is 1. The van der Waals surface area contributed by atoms with Crippen LogP contribution in [0.25, 0.3) is 0 Å². The summed E-state index contributed by atoms with van der Waals surface area (Å²) in [4.78, 5) is 25.5. The maximum Gasteiger partial charge on any atom is 0.341 e. The lowest BCUT2D eigenvalue weighted by Crippen LogP contribution is -2.25. The number of hydrogen-bond donors (Lipinski definition) is 2. The second kappa shape index (κ2) is 8.49. The standard InChI is InChI=1S/C18H17ClFN3O3S/c1-2-26-17(24)15-10-5-3-8-14(10)27-16(15)22-18(25)23-21-9-11-12(19)6-4-7-13(11)20/h4,6-7,9H,2-3,5,8H2,1H3,(H2,22,23,25)/b21-9+. The van der Waals surface area contributed by atoms with E-state index < -0.39 is 17.8 Å². The van der Waals surface area contributed by atoms with Gasteiger partial charge in [0.25, 0.3) is 0 Å². The molecule has 0 unspecified atom stereocenters. The first-order valence-electron chi connectivity index (χ1n) is 8.37. The topological polar surface area (TPSA) is 79.8 Å². The Morgan fingerprint density at radius 2 is 2.22 bits per heavy atom. The number of esters is 1. The molecular weight excluding hydrogens is 393 g/mol. The highest BCUT2D eigenvalue weighted by atomic mass is 35.5. The van der Waals surface area contributed by atoms with Crippen LogP contribution in [0.2, 0.25) is 5.02 Å². The fourth-order valence-electron chi connectivity index (χ4n) is 2.83. The summed E-state index contributed by atoms with van der Waals surface area (Å²) >= 11 is 7.25. The average Bonchev–Trinajstić information content (AvgIpc) is 3.18. The van der Waals surface area contributed by atoms with Gasteiger partial charge in [-0.2, -0.15) is 5.10 Å². The molecule has 9 heteroatoms.